The Bertz CT molecular complexity index is 903. The van der Waals surface area contributed by atoms with Crippen LogP contribution in [-0.2, 0) is 0 Å². The van der Waals surface area contributed by atoms with Crippen molar-refractivity contribution in [2.24, 2.45) is 0 Å². The zero-order valence-electron chi connectivity index (χ0n) is 12.5. The largest absolute Gasteiger partial charge is 0.433 e. The third kappa shape index (κ3) is 3.26. The lowest BCUT2D eigenvalue weighted by atomic mass is 10.0. The number of nitrogens with zero attached hydrogens (tertiary/aromatic N) is 1. The summed E-state index contributed by atoms with van der Waals surface area (Å²) in [7, 11) is 0. The van der Waals surface area contributed by atoms with E-state index < -0.39 is 22.8 Å². The molecule has 0 spiro atoms. The highest BCUT2D eigenvalue weighted by Gasteiger charge is 2.18. The zero-order valence-corrected chi connectivity index (χ0v) is 12.5. The molecule has 1 aromatic heterocycles. The van der Waals surface area contributed by atoms with Gasteiger partial charge in [0.15, 0.2) is 5.76 Å². The fourth-order valence-electron chi connectivity index (χ4n) is 2.36. The van der Waals surface area contributed by atoms with Crippen LogP contribution in [0.1, 0.15) is 22.2 Å². The molecule has 1 unspecified atom stereocenters. The summed E-state index contributed by atoms with van der Waals surface area (Å²) < 4.78 is 4.81. The van der Waals surface area contributed by atoms with Crippen molar-refractivity contribution in [1.29, 1.82) is 0 Å². The van der Waals surface area contributed by atoms with Crippen LogP contribution in [0.3, 0.4) is 0 Å². The van der Waals surface area contributed by atoms with Gasteiger partial charge in [-0.05, 0) is 28.5 Å². The first kappa shape index (κ1) is 15.7. The standard InChI is InChI=1S/C17H14N2O5/c20-14(13-6-5-11-3-1-2-4-12(11)9-13)10-18-17(21)15-7-8-16(24-15)19(22)23/h1-9,14,20H,10H2,(H,18,21). The Balaban J connectivity index is 1.66. The predicted molar refractivity (Wildman–Crippen MR) is 86.6 cm³/mol. The number of hydrogen-bond acceptors (Lipinski definition) is 5. The van der Waals surface area contributed by atoms with Crippen molar-refractivity contribution in [3.63, 3.8) is 0 Å². The molecular weight excluding hydrogens is 312 g/mol. The molecule has 1 atom stereocenters. The first-order chi connectivity index (χ1) is 11.5. The molecule has 0 aliphatic carbocycles. The van der Waals surface area contributed by atoms with E-state index in [9.17, 15) is 20.0 Å². The van der Waals surface area contributed by atoms with Crippen LogP contribution in [0.2, 0.25) is 0 Å². The molecule has 0 aliphatic rings. The first-order valence-electron chi connectivity index (χ1n) is 7.24. The van der Waals surface area contributed by atoms with Crippen molar-refractivity contribution < 1.29 is 19.2 Å². The molecule has 0 bridgehead atoms. The molecule has 0 saturated heterocycles. The van der Waals surface area contributed by atoms with E-state index in [1.807, 2.05) is 36.4 Å². The van der Waals surface area contributed by atoms with Crippen molar-refractivity contribution in [3.05, 3.63) is 76.0 Å². The molecule has 24 heavy (non-hydrogen) atoms. The van der Waals surface area contributed by atoms with E-state index in [2.05, 4.69) is 5.32 Å². The molecule has 0 saturated carbocycles. The topological polar surface area (TPSA) is 106 Å². The maximum absolute atomic E-state index is 11.9. The fraction of sp³-hybridized carbons (Fsp3) is 0.118. The van der Waals surface area contributed by atoms with Gasteiger partial charge in [-0.1, -0.05) is 36.4 Å². The van der Waals surface area contributed by atoms with Crippen LogP contribution in [0.15, 0.2) is 59.0 Å². The highest BCUT2D eigenvalue weighted by Crippen LogP contribution is 2.20. The maximum Gasteiger partial charge on any atom is 0.433 e. The van der Waals surface area contributed by atoms with E-state index in [-0.39, 0.29) is 12.3 Å². The molecule has 0 radical (unpaired) electrons. The number of hydrogen-bond donors (Lipinski definition) is 2. The lowest BCUT2D eigenvalue weighted by Crippen LogP contribution is -2.28. The molecule has 3 aromatic rings. The monoisotopic (exact) mass is 326 g/mol. The fourth-order valence-corrected chi connectivity index (χ4v) is 2.36. The van der Waals surface area contributed by atoms with E-state index >= 15 is 0 Å². The Kier molecular flexibility index (Phi) is 4.26. The van der Waals surface area contributed by atoms with Gasteiger partial charge in [0.25, 0.3) is 5.91 Å². The number of carbonyl (C=O) groups excluding carboxylic acids is 1. The van der Waals surface area contributed by atoms with E-state index in [0.717, 1.165) is 16.8 Å². The van der Waals surface area contributed by atoms with Gasteiger partial charge in [0, 0.05) is 6.54 Å². The second-order valence-electron chi connectivity index (χ2n) is 5.23. The highest BCUT2D eigenvalue weighted by molar-refractivity contribution is 5.91. The summed E-state index contributed by atoms with van der Waals surface area (Å²) in [6.45, 7) is -0.0360. The SMILES string of the molecule is O=C(NCC(O)c1ccc2ccccc2c1)c1ccc([N+](=O)[O-])o1. The number of nitrogens with one attached hydrogen (secondary N) is 1. The third-order valence-electron chi connectivity index (χ3n) is 3.61. The van der Waals surface area contributed by atoms with Crippen molar-refractivity contribution in [3.8, 4) is 0 Å². The number of carbonyl (C=O) groups is 1. The minimum Gasteiger partial charge on any atom is -0.395 e. The number of benzene rings is 2. The smallest absolute Gasteiger partial charge is 0.395 e. The zero-order chi connectivity index (χ0) is 17.1. The minimum atomic E-state index is -0.900. The average Bonchev–Trinajstić information content (AvgIpc) is 3.09. The van der Waals surface area contributed by atoms with Crippen LogP contribution in [0.5, 0.6) is 0 Å². The number of rotatable bonds is 5. The number of fused-ring (bicyclic) bond motifs is 1. The summed E-state index contributed by atoms with van der Waals surface area (Å²) in [5.41, 5.74) is 0.666. The van der Waals surface area contributed by atoms with Crippen LogP contribution in [0.25, 0.3) is 10.8 Å². The second kappa shape index (κ2) is 6.51. The van der Waals surface area contributed by atoms with Crippen LogP contribution < -0.4 is 5.32 Å². The van der Waals surface area contributed by atoms with E-state index in [1.165, 1.54) is 6.07 Å². The Labute approximate surface area is 136 Å². The summed E-state index contributed by atoms with van der Waals surface area (Å²) in [4.78, 5) is 21.7. The number of amides is 1. The first-order valence-corrected chi connectivity index (χ1v) is 7.24. The quantitative estimate of drug-likeness (QED) is 0.554. The van der Waals surface area contributed by atoms with Crippen molar-refractivity contribution in [1.82, 2.24) is 5.32 Å². The van der Waals surface area contributed by atoms with Crippen LogP contribution >= 0.6 is 0 Å². The number of aliphatic hydroxyl groups excluding tert-OH is 1. The number of nitro groups is 1. The third-order valence-corrected chi connectivity index (χ3v) is 3.61. The normalized spacial score (nSPS) is 12.0. The van der Waals surface area contributed by atoms with Gasteiger partial charge in [-0.3, -0.25) is 14.9 Å². The van der Waals surface area contributed by atoms with Crippen molar-refractivity contribution in [2.45, 2.75) is 6.10 Å². The Morgan fingerprint density at radius 2 is 1.92 bits per heavy atom. The Hall–Kier alpha value is -3.19. The van der Waals surface area contributed by atoms with Gasteiger partial charge >= 0.3 is 5.88 Å². The molecular formula is C17H14N2O5. The van der Waals surface area contributed by atoms with E-state index in [0.29, 0.717) is 5.56 Å². The lowest BCUT2D eigenvalue weighted by molar-refractivity contribution is -0.402. The van der Waals surface area contributed by atoms with Crippen LogP contribution in [0.4, 0.5) is 5.88 Å². The van der Waals surface area contributed by atoms with Gasteiger partial charge in [0.2, 0.25) is 0 Å². The Morgan fingerprint density at radius 1 is 1.17 bits per heavy atom. The summed E-state index contributed by atoms with van der Waals surface area (Å²) in [5.74, 6) is -1.30. The molecule has 2 aromatic carbocycles. The van der Waals surface area contributed by atoms with Gasteiger partial charge < -0.3 is 14.8 Å². The predicted octanol–water partition coefficient (Wildman–Crippen LogP) is 2.80. The van der Waals surface area contributed by atoms with Gasteiger partial charge in [-0.25, -0.2) is 0 Å². The molecule has 7 nitrogen and oxygen atoms in total. The van der Waals surface area contributed by atoms with Crippen LogP contribution in [0, 0.1) is 10.1 Å². The van der Waals surface area contributed by atoms with Gasteiger partial charge in [0.1, 0.15) is 4.92 Å². The van der Waals surface area contributed by atoms with Crippen LogP contribution in [-0.4, -0.2) is 22.5 Å². The summed E-state index contributed by atoms with van der Waals surface area (Å²) in [6, 6.07) is 15.6. The molecule has 1 amide bonds. The summed E-state index contributed by atoms with van der Waals surface area (Å²) in [5, 5.41) is 25.3. The Morgan fingerprint density at radius 3 is 2.62 bits per heavy atom. The van der Waals surface area contributed by atoms with Gasteiger partial charge in [-0.15, -0.1) is 0 Å². The number of furan rings is 1. The minimum absolute atomic E-state index is 0.0360. The highest BCUT2D eigenvalue weighted by atomic mass is 16.6. The average molecular weight is 326 g/mol. The second-order valence-corrected chi connectivity index (χ2v) is 5.23. The maximum atomic E-state index is 11.9. The van der Waals surface area contributed by atoms with Crippen molar-refractivity contribution in [2.75, 3.05) is 6.54 Å². The lowest BCUT2D eigenvalue weighted by Gasteiger charge is -2.12. The summed E-state index contributed by atoms with van der Waals surface area (Å²) in [6.07, 6.45) is -0.900. The molecule has 1 heterocycles. The molecule has 3 rings (SSSR count). The molecule has 122 valence electrons. The van der Waals surface area contributed by atoms with Gasteiger partial charge in [0.05, 0.1) is 12.2 Å². The van der Waals surface area contributed by atoms with Gasteiger partial charge in [-0.2, -0.15) is 0 Å². The van der Waals surface area contributed by atoms with Crippen molar-refractivity contribution >= 4 is 22.6 Å². The summed E-state index contributed by atoms with van der Waals surface area (Å²) >= 11 is 0. The molecule has 7 heteroatoms. The van der Waals surface area contributed by atoms with E-state index in [4.69, 9.17) is 4.42 Å². The molecule has 0 aliphatic heterocycles. The number of aliphatic hydroxyl groups is 1. The molecule has 0 fully saturated rings. The molecule has 2 N–H and O–H groups in total. The van der Waals surface area contributed by atoms with E-state index in [1.54, 1.807) is 6.07 Å².